The van der Waals surface area contributed by atoms with Crippen LogP contribution in [-0.4, -0.2) is 46.2 Å². The molecule has 0 fully saturated rings. The van der Waals surface area contributed by atoms with Gasteiger partial charge in [0.1, 0.15) is 10.8 Å². The maximum Gasteiger partial charge on any atom is 0.573 e. The third kappa shape index (κ3) is 6.94. The van der Waals surface area contributed by atoms with Crippen molar-refractivity contribution in [2.24, 2.45) is 0 Å². The first kappa shape index (κ1) is 26.5. The molecule has 34 heavy (non-hydrogen) atoms. The van der Waals surface area contributed by atoms with Gasteiger partial charge in [-0.3, -0.25) is 8.86 Å². The van der Waals surface area contributed by atoms with Crippen molar-refractivity contribution in [3.8, 4) is 5.75 Å². The number of likely N-dealkylation sites (N-methyl/N-ethyl adjacent to an activating group) is 1. The zero-order valence-corrected chi connectivity index (χ0v) is 21.0. The molecular formula is C24H29F3N2O3S2. The second-order valence-electron chi connectivity index (χ2n) is 8.20. The lowest BCUT2D eigenvalue weighted by Crippen LogP contribution is -2.44. The van der Waals surface area contributed by atoms with Crippen LogP contribution in [0.1, 0.15) is 30.9 Å². The van der Waals surface area contributed by atoms with Crippen molar-refractivity contribution in [1.82, 2.24) is 4.90 Å². The van der Waals surface area contributed by atoms with Crippen LogP contribution >= 0.6 is 11.3 Å². The minimum absolute atomic E-state index is 0.137. The Morgan fingerprint density at radius 3 is 2.41 bits per heavy atom. The zero-order valence-electron chi connectivity index (χ0n) is 19.3. The monoisotopic (exact) mass is 514 g/mol. The highest BCUT2D eigenvalue weighted by atomic mass is 32.2. The van der Waals surface area contributed by atoms with E-state index in [4.69, 9.17) is 0 Å². The SMILES string of the molecule is CCCCN(C)C(Cc1ccc(OC(F)(F)F)cc1)CN(c1sc2ccccc2c1C)S(=O)O. The molecule has 0 bridgehead atoms. The van der Waals surface area contributed by atoms with E-state index < -0.39 is 17.6 Å². The van der Waals surface area contributed by atoms with E-state index in [0.29, 0.717) is 6.42 Å². The molecule has 0 amide bonds. The number of thiophene rings is 1. The number of aryl methyl sites for hydroxylation is 1. The third-order valence-corrected chi connectivity index (χ3v) is 7.85. The van der Waals surface area contributed by atoms with Gasteiger partial charge < -0.3 is 9.64 Å². The molecule has 0 radical (unpaired) electrons. The second kappa shape index (κ2) is 11.5. The van der Waals surface area contributed by atoms with E-state index in [2.05, 4.69) is 16.6 Å². The highest BCUT2D eigenvalue weighted by Gasteiger charge is 2.31. The molecule has 0 saturated heterocycles. The van der Waals surface area contributed by atoms with E-state index in [1.165, 1.54) is 27.8 Å². The van der Waals surface area contributed by atoms with Crippen molar-refractivity contribution in [2.75, 3.05) is 24.4 Å². The van der Waals surface area contributed by atoms with Crippen molar-refractivity contribution in [1.29, 1.82) is 0 Å². The average molecular weight is 515 g/mol. The van der Waals surface area contributed by atoms with Crippen LogP contribution in [0.5, 0.6) is 5.75 Å². The standard InChI is InChI=1S/C24H29F3N2O3S2/c1-4-5-14-28(3)19(15-18-10-12-20(13-11-18)32-24(25,26)27)16-29(34(30)31)23-17(2)21-8-6-7-9-22(21)33-23/h6-13,19H,4-5,14-16H2,1-3H3,(H,30,31). The first-order valence-corrected chi connectivity index (χ1v) is 12.9. The minimum Gasteiger partial charge on any atom is -0.406 e. The highest BCUT2D eigenvalue weighted by molar-refractivity contribution is 7.81. The van der Waals surface area contributed by atoms with Gasteiger partial charge in [0.25, 0.3) is 11.3 Å². The van der Waals surface area contributed by atoms with Gasteiger partial charge in [-0.25, -0.2) is 4.21 Å². The van der Waals surface area contributed by atoms with E-state index in [-0.39, 0.29) is 18.3 Å². The summed E-state index contributed by atoms with van der Waals surface area (Å²) >= 11 is -0.758. The Morgan fingerprint density at radius 1 is 1.15 bits per heavy atom. The van der Waals surface area contributed by atoms with Gasteiger partial charge in [0.15, 0.2) is 0 Å². The van der Waals surface area contributed by atoms with Gasteiger partial charge >= 0.3 is 6.36 Å². The van der Waals surface area contributed by atoms with Crippen molar-refractivity contribution < 1.29 is 26.7 Å². The summed E-state index contributed by atoms with van der Waals surface area (Å²) in [5, 5.41) is 1.79. The molecule has 0 aliphatic carbocycles. The Labute approximate surface area is 204 Å². The number of rotatable bonds is 11. The number of nitrogens with zero attached hydrogens (tertiary/aromatic N) is 2. The van der Waals surface area contributed by atoms with Crippen LogP contribution in [0.15, 0.2) is 48.5 Å². The molecule has 1 aromatic heterocycles. The smallest absolute Gasteiger partial charge is 0.406 e. The van der Waals surface area contributed by atoms with Crippen molar-refractivity contribution in [3.63, 3.8) is 0 Å². The van der Waals surface area contributed by atoms with Crippen molar-refractivity contribution in [3.05, 3.63) is 59.7 Å². The molecule has 0 saturated carbocycles. The van der Waals surface area contributed by atoms with Crippen molar-refractivity contribution in [2.45, 2.75) is 45.5 Å². The van der Waals surface area contributed by atoms with E-state index in [9.17, 15) is 21.9 Å². The fourth-order valence-corrected chi connectivity index (χ4v) is 5.86. The summed E-state index contributed by atoms with van der Waals surface area (Å²) in [6.07, 6.45) is -2.26. The van der Waals surface area contributed by atoms with Gasteiger partial charge in [-0.1, -0.05) is 43.7 Å². The number of alkyl halides is 3. The number of ether oxygens (including phenoxy) is 1. The lowest BCUT2D eigenvalue weighted by atomic mass is 10.0. The number of hydrogen-bond acceptors (Lipinski definition) is 4. The Balaban J connectivity index is 1.86. The summed E-state index contributed by atoms with van der Waals surface area (Å²) in [6, 6.07) is 13.5. The lowest BCUT2D eigenvalue weighted by Gasteiger charge is -2.32. The summed E-state index contributed by atoms with van der Waals surface area (Å²) in [7, 11) is 1.97. The van der Waals surface area contributed by atoms with Crippen molar-refractivity contribution >= 4 is 37.7 Å². The molecule has 2 aromatic carbocycles. The molecular weight excluding hydrogens is 485 g/mol. The fourth-order valence-electron chi connectivity index (χ4n) is 3.86. The Hall–Kier alpha value is -2.14. The Morgan fingerprint density at radius 2 is 1.82 bits per heavy atom. The highest BCUT2D eigenvalue weighted by Crippen LogP contribution is 2.38. The summed E-state index contributed by atoms with van der Waals surface area (Å²) < 4.78 is 66.6. The molecule has 3 rings (SSSR count). The third-order valence-electron chi connectivity index (χ3n) is 5.73. The second-order valence-corrected chi connectivity index (χ2v) is 10.1. The molecule has 2 unspecified atom stereocenters. The Bertz CT molecular complexity index is 1100. The van der Waals surface area contributed by atoms with Crippen LogP contribution in [0, 0.1) is 6.92 Å². The molecule has 1 N–H and O–H groups in total. The van der Waals surface area contributed by atoms with Gasteiger partial charge in [0, 0.05) is 10.7 Å². The van der Waals surface area contributed by atoms with Gasteiger partial charge in [-0.15, -0.1) is 24.5 Å². The lowest BCUT2D eigenvalue weighted by molar-refractivity contribution is -0.274. The van der Waals surface area contributed by atoms with Gasteiger partial charge in [-0.2, -0.15) is 0 Å². The molecule has 0 aliphatic rings. The van der Waals surface area contributed by atoms with Gasteiger partial charge in [0.2, 0.25) is 0 Å². The van der Waals surface area contributed by atoms with Gasteiger partial charge in [-0.05, 0) is 68.1 Å². The molecule has 0 aliphatic heterocycles. The maximum absolute atomic E-state index is 12.5. The van der Waals surface area contributed by atoms with E-state index in [1.54, 1.807) is 12.1 Å². The average Bonchev–Trinajstić information content (AvgIpc) is 3.11. The maximum atomic E-state index is 12.5. The first-order valence-electron chi connectivity index (χ1n) is 11.0. The minimum atomic E-state index is -4.74. The topological polar surface area (TPSA) is 53.0 Å². The normalized spacial score (nSPS) is 13.9. The molecule has 3 aromatic rings. The fraction of sp³-hybridized carbons (Fsp3) is 0.417. The van der Waals surface area contributed by atoms with Crippen LogP contribution in [-0.2, 0) is 17.7 Å². The number of benzene rings is 2. The van der Waals surface area contributed by atoms with E-state index in [1.807, 2.05) is 38.2 Å². The quantitative estimate of drug-likeness (QED) is 0.301. The zero-order chi connectivity index (χ0) is 24.9. The number of fused-ring (bicyclic) bond motifs is 1. The van der Waals surface area contributed by atoms with E-state index >= 15 is 0 Å². The van der Waals surface area contributed by atoms with Crippen LogP contribution < -0.4 is 9.04 Å². The van der Waals surface area contributed by atoms with E-state index in [0.717, 1.165) is 45.6 Å². The molecule has 10 heteroatoms. The summed E-state index contributed by atoms with van der Waals surface area (Å²) in [5.74, 6) is -0.272. The summed E-state index contributed by atoms with van der Waals surface area (Å²) in [6.45, 7) is 5.13. The predicted octanol–water partition coefficient (Wildman–Crippen LogP) is 6.39. The number of halogens is 3. The summed E-state index contributed by atoms with van der Waals surface area (Å²) in [4.78, 5) is 2.14. The molecule has 1 heterocycles. The number of unbranched alkanes of at least 4 members (excludes halogenated alkanes) is 1. The van der Waals surface area contributed by atoms with Crippen LogP contribution in [0.4, 0.5) is 18.2 Å². The summed E-state index contributed by atoms with van der Waals surface area (Å²) in [5.41, 5.74) is 1.77. The molecule has 2 atom stereocenters. The number of anilines is 1. The first-order chi connectivity index (χ1) is 16.1. The van der Waals surface area contributed by atoms with Crippen LogP contribution in [0.3, 0.4) is 0 Å². The van der Waals surface area contributed by atoms with Crippen LogP contribution in [0.25, 0.3) is 10.1 Å². The number of hydrogen-bond donors (Lipinski definition) is 1. The van der Waals surface area contributed by atoms with Crippen LogP contribution in [0.2, 0.25) is 0 Å². The largest absolute Gasteiger partial charge is 0.573 e. The predicted molar refractivity (Wildman–Crippen MR) is 133 cm³/mol. The molecule has 5 nitrogen and oxygen atoms in total. The molecule has 186 valence electrons. The van der Waals surface area contributed by atoms with Gasteiger partial charge in [0.05, 0.1) is 6.54 Å². The molecule has 0 spiro atoms. The Kier molecular flexibility index (Phi) is 8.97.